The normalized spacial score (nSPS) is 10.6. The summed E-state index contributed by atoms with van der Waals surface area (Å²) in [6, 6.07) is 4.79. The van der Waals surface area contributed by atoms with Gasteiger partial charge in [0.1, 0.15) is 5.52 Å². The lowest BCUT2D eigenvalue weighted by Gasteiger charge is -1.93. The highest BCUT2D eigenvalue weighted by atomic mass is 19.1. The quantitative estimate of drug-likeness (QED) is 0.630. The highest BCUT2D eigenvalue weighted by molar-refractivity contribution is 6.04. The van der Waals surface area contributed by atoms with Gasteiger partial charge in [0.15, 0.2) is 11.4 Å². The van der Waals surface area contributed by atoms with Crippen LogP contribution in [-0.4, -0.2) is 10.8 Å². The van der Waals surface area contributed by atoms with Gasteiger partial charge in [0.05, 0.1) is 0 Å². The van der Waals surface area contributed by atoms with Gasteiger partial charge in [0, 0.05) is 5.56 Å². The number of Topliss-reactive ketones (excluding diaryl/α,β-unsaturated/α-hetero) is 1. The Morgan fingerprint density at radius 2 is 2.31 bits per heavy atom. The molecule has 1 heterocycles. The summed E-state index contributed by atoms with van der Waals surface area (Å²) in [6.07, 6.45) is -0.913. The number of hydrogen-bond donors (Lipinski definition) is 0. The summed E-state index contributed by atoms with van der Waals surface area (Å²) >= 11 is 0. The van der Waals surface area contributed by atoms with E-state index >= 15 is 0 Å². The number of benzene rings is 1. The molecule has 2 aromatic rings. The molecule has 4 heteroatoms. The van der Waals surface area contributed by atoms with E-state index < -0.39 is 6.14 Å². The van der Waals surface area contributed by atoms with E-state index in [4.69, 9.17) is 0 Å². The van der Waals surface area contributed by atoms with Crippen LogP contribution in [0.4, 0.5) is 4.39 Å². The van der Waals surface area contributed by atoms with Crippen molar-refractivity contribution in [3.05, 3.63) is 29.9 Å². The van der Waals surface area contributed by atoms with Crippen LogP contribution in [0.25, 0.3) is 11.1 Å². The van der Waals surface area contributed by atoms with Gasteiger partial charge in [-0.1, -0.05) is 6.07 Å². The number of carbonyl (C=O) groups excluding carboxylic acids is 1. The van der Waals surface area contributed by atoms with Crippen molar-refractivity contribution in [2.45, 2.75) is 6.92 Å². The van der Waals surface area contributed by atoms with Crippen LogP contribution in [0.15, 0.2) is 22.6 Å². The monoisotopic (exact) mass is 179 g/mol. The number of carbonyl (C=O) groups is 1. The van der Waals surface area contributed by atoms with Gasteiger partial charge >= 0.3 is 6.14 Å². The predicted molar refractivity (Wildman–Crippen MR) is 44.0 cm³/mol. The molecule has 0 saturated carbocycles. The van der Waals surface area contributed by atoms with E-state index in [0.29, 0.717) is 11.1 Å². The minimum atomic E-state index is -0.913. The van der Waals surface area contributed by atoms with Crippen LogP contribution in [0.1, 0.15) is 17.3 Å². The van der Waals surface area contributed by atoms with Crippen LogP contribution in [0, 0.1) is 6.14 Å². The van der Waals surface area contributed by atoms with Crippen LogP contribution in [-0.2, 0) is 0 Å². The fraction of sp³-hybridized carbons (Fsp3) is 0.111. The molecule has 0 aliphatic heterocycles. The van der Waals surface area contributed by atoms with Crippen molar-refractivity contribution in [2.24, 2.45) is 0 Å². The second-order valence-corrected chi connectivity index (χ2v) is 2.68. The first kappa shape index (κ1) is 7.91. The zero-order chi connectivity index (χ0) is 9.42. The van der Waals surface area contributed by atoms with E-state index in [-0.39, 0.29) is 11.3 Å². The molecule has 0 aliphatic rings. The molecule has 13 heavy (non-hydrogen) atoms. The molecule has 3 nitrogen and oxygen atoms in total. The van der Waals surface area contributed by atoms with E-state index in [0.717, 1.165) is 0 Å². The number of nitrogens with zero attached hydrogens (tertiary/aromatic N) is 1. The molecule has 2 rings (SSSR count). The summed E-state index contributed by atoms with van der Waals surface area (Å²) in [6.45, 7) is 1.40. The van der Waals surface area contributed by atoms with Crippen molar-refractivity contribution < 1.29 is 13.6 Å². The zero-order valence-corrected chi connectivity index (χ0v) is 6.87. The van der Waals surface area contributed by atoms with Gasteiger partial charge in [0.2, 0.25) is 0 Å². The SMILES string of the molecule is CC(=O)c1cccc2oc(F)nc12. The number of oxazole rings is 1. The Kier molecular flexibility index (Phi) is 1.62. The van der Waals surface area contributed by atoms with Crippen LogP contribution in [0.3, 0.4) is 0 Å². The Balaban J connectivity index is 2.82. The molecule has 66 valence electrons. The third-order valence-corrected chi connectivity index (χ3v) is 1.77. The largest absolute Gasteiger partial charge is 0.415 e. The smallest absolute Gasteiger partial charge is 0.382 e. The molecule has 0 saturated heterocycles. The molecule has 0 unspecified atom stereocenters. The van der Waals surface area contributed by atoms with Gasteiger partial charge in [-0.15, -0.1) is 4.39 Å². The molecule has 0 spiro atoms. The lowest BCUT2D eigenvalue weighted by molar-refractivity contribution is 0.101. The van der Waals surface area contributed by atoms with Gasteiger partial charge in [0.25, 0.3) is 0 Å². The number of rotatable bonds is 1. The second-order valence-electron chi connectivity index (χ2n) is 2.68. The van der Waals surface area contributed by atoms with Gasteiger partial charge < -0.3 is 4.42 Å². The summed E-state index contributed by atoms with van der Waals surface area (Å²) in [5.74, 6) is -0.154. The van der Waals surface area contributed by atoms with Crippen molar-refractivity contribution in [2.75, 3.05) is 0 Å². The molecule has 1 aromatic carbocycles. The summed E-state index contributed by atoms with van der Waals surface area (Å²) in [4.78, 5) is 14.5. The summed E-state index contributed by atoms with van der Waals surface area (Å²) in [5, 5.41) is 0. The van der Waals surface area contributed by atoms with Crippen molar-refractivity contribution in [3.8, 4) is 0 Å². The average Bonchev–Trinajstić information content (AvgIpc) is 2.43. The Bertz CT molecular complexity index is 475. The number of fused-ring (bicyclic) bond motifs is 1. The van der Waals surface area contributed by atoms with Crippen LogP contribution in [0.5, 0.6) is 0 Å². The number of halogens is 1. The lowest BCUT2D eigenvalue weighted by Crippen LogP contribution is -1.92. The topological polar surface area (TPSA) is 43.1 Å². The van der Waals surface area contributed by atoms with E-state index in [1.807, 2.05) is 0 Å². The highest BCUT2D eigenvalue weighted by Crippen LogP contribution is 2.18. The maximum absolute atomic E-state index is 12.6. The number of para-hydroxylation sites is 1. The summed E-state index contributed by atoms with van der Waals surface area (Å²) < 4.78 is 17.2. The number of aromatic nitrogens is 1. The maximum atomic E-state index is 12.6. The molecule has 0 radical (unpaired) electrons. The standard InChI is InChI=1S/C9H6FNO2/c1-5(12)6-3-2-4-7-8(6)11-9(10)13-7/h2-4H,1H3. The third-order valence-electron chi connectivity index (χ3n) is 1.77. The first-order chi connectivity index (χ1) is 6.18. The first-order valence-electron chi connectivity index (χ1n) is 3.74. The summed E-state index contributed by atoms with van der Waals surface area (Å²) in [7, 11) is 0. The van der Waals surface area contributed by atoms with Crippen molar-refractivity contribution in [1.29, 1.82) is 0 Å². The fourth-order valence-corrected chi connectivity index (χ4v) is 1.21. The minimum Gasteiger partial charge on any atom is -0.415 e. The molecule has 0 bridgehead atoms. The maximum Gasteiger partial charge on any atom is 0.382 e. The Labute approximate surface area is 73.2 Å². The van der Waals surface area contributed by atoms with Crippen LogP contribution >= 0.6 is 0 Å². The molecular weight excluding hydrogens is 173 g/mol. The molecule has 0 fully saturated rings. The average molecular weight is 179 g/mol. The van der Waals surface area contributed by atoms with E-state index in [1.165, 1.54) is 6.92 Å². The first-order valence-corrected chi connectivity index (χ1v) is 3.74. The molecule has 0 atom stereocenters. The Morgan fingerprint density at radius 1 is 1.54 bits per heavy atom. The van der Waals surface area contributed by atoms with Crippen molar-refractivity contribution >= 4 is 16.9 Å². The zero-order valence-electron chi connectivity index (χ0n) is 6.87. The lowest BCUT2D eigenvalue weighted by atomic mass is 10.1. The number of ketones is 1. The minimum absolute atomic E-state index is 0.154. The third kappa shape index (κ3) is 1.20. The highest BCUT2D eigenvalue weighted by Gasteiger charge is 2.11. The fourth-order valence-electron chi connectivity index (χ4n) is 1.21. The van der Waals surface area contributed by atoms with Crippen molar-refractivity contribution in [1.82, 2.24) is 4.98 Å². The second kappa shape index (κ2) is 2.65. The Morgan fingerprint density at radius 3 is 3.00 bits per heavy atom. The molecule has 0 amide bonds. The summed E-state index contributed by atoms with van der Waals surface area (Å²) in [5.41, 5.74) is 0.961. The molecule has 0 N–H and O–H groups in total. The van der Waals surface area contributed by atoms with E-state index in [9.17, 15) is 9.18 Å². The van der Waals surface area contributed by atoms with Gasteiger partial charge in [-0.25, -0.2) is 0 Å². The Hall–Kier alpha value is -1.71. The molecular formula is C9H6FNO2. The van der Waals surface area contributed by atoms with E-state index in [1.54, 1.807) is 18.2 Å². The number of hydrogen-bond acceptors (Lipinski definition) is 3. The van der Waals surface area contributed by atoms with Crippen LogP contribution in [0.2, 0.25) is 0 Å². The van der Waals surface area contributed by atoms with Gasteiger partial charge in [-0.3, -0.25) is 4.79 Å². The van der Waals surface area contributed by atoms with E-state index in [2.05, 4.69) is 9.40 Å². The molecule has 1 aromatic heterocycles. The van der Waals surface area contributed by atoms with Gasteiger partial charge in [-0.05, 0) is 19.1 Å². The predicted octanol–water partition coefficient (Wildman–Crippen LogP) is 2.17. The van der Waals surface area contributed by atoms with Gasteiger partial charge in [-0.2, -0.15) is 4.98 Å². The van der Waals surface area contributed by atoms with Crippen LogP contribution < -0.4 is 0 Å². The molecule has 0 aliphatic carbocycles. The van der Waals surface area contributed by atoms with Crippen molar-refractivity contribution in [3.63, 3.8) is 0 Å².